The molecule has 0 spiro atoms. The van der Waals surface area contributed by atoms with Gasteiger partial charge in [0.1, 0.15) is 6.61 Å². The molecule has 2 aromatic rings. The number of ether oxygens (including phenoxy) is 9. The van der Waals surface area contributed by atoms with E-state index in [1.807, 2.05) is 24.3 Å². The Kier molecular flexibility index (Phi) is 18.8. The second-order valence-electron chi connectivity index (χ2n) is 9.87. The maximum atomic E-state index is 12.2. The number of hydrogen-bond donors (Lipinski definition) is 1. The van der Waals surface area contributed by atoms with Crippen molar-refractivity contribution in [3.63, 3.8) is 0 Å². The largest absolute Gasteiger partial charge is 0.469 e. The molecule has 1 N–H and O–H groups in total. The van der Waals surface area contributed by atoms with Gasteiger partial charge in [0, 0.05) is 12.5 Å². The maximum absolute atomic E-state index is 12.2. The van der Waals surface area contributed by atoms with Crippen molar-refractivity contribution in [3.05, 3.63) is 59.7 Å². The van der Waals surface area contributed by atoms with E-state index in [1.165, 1.54) is 29.4 Å². The first-order chi connectivity index (χ1) is 22.2. The Hall–Kier alpha value is -3.10. The zero-order valence-electron chi connectivity index (χ0n) is 26.2. The summed E-state index contributed by atoms with van der Waals surface area (Å²) >= 11 is 0. The van der Waals surface area contributed by atoms with E-state index in [9.17, 15) is 9.59 Å². The van der Waals surface area contributed by atoms with Gasteiger partial charge < -0.3 is 47.9 Å². The fraction of sp³-hybridized carbons (Fsp3) is 0.576. The van der Waals surface area contributed by atoms with Gasteiger partial charge in [-0.3, -0.25) is 4.79 Å². The number of alkyl carbamates (subject to hydrolysis) is 1. The first-order valence-electron chi connectivity index (χ1n) is 15.4. The van der Waals surface area contributed by atoms with Gasteiger partial charge in [0.2, 0.25) is 0 Å². The van der Waals surface area contributed by atoms with Gasteiger partial charge in [-0.25, -0.2) is 4.79 Å². The van der Waals surface area contributed by atoms with Crippen LogP contribution in [0.1, 0.15) is 23.5 Å². The number of esters is 1. The topological polar surface area (TPSA) is 129 Å². The predicted molar refractivity (Wildman–Crippen MR) is 165 cm³/mol. The molecule has 0 saturated heterocycles. The molecular formula is C33H47NO11. The Balaban J connectivity index is 1.02. The minimum Gasteiger partial charge on any atom is -0.469 e. The van der Waals surface area contributed by atoms with E-state index in [2.05, 4.69) is 34.3 Å². The van der Waals surface area contributed by atoms with E-state index in [4.69, 9.17) is 37.9 Å². The number of hydrogen-bond acceptors (Lipinski definition) is 11. The van der Waals surface area contributed by atoms with E-state index in [-0.39, 0.29) is 24.9 Å². The van der Waals surface area contributed by atoms with Crippen LogP contribution in [0, 0.1) is 0 Å². The van der Waals surface area contributed by atoms with E-state index in [0.29, 0.717) is 99.0 Å². The van der Waals surface area contributed by atoms with Crippen molar-refractivity contribution in [2.75, 3.05) is 113 Å². The highest BCUT2D eigenvalue weighted by Crippen LogP contribution is 2.44. The lowest BCUT2D eigenvalue weighted by atomic mass is 9.98. The van der Waals surface area contributed by atoms with Gasteiger partial charge in [-0.05, 0) is 22.3 Å². The molecule has 0 unspecified atom stereocenters. The molecule has 12 nitrogen and oxygen atoms in total. The van der Waals surface area contributed by atoms with Gasteiger partial charge in [0.15, 0.2) is 0 Å². The van der Waals surface area contributed by atoms with Crippen molar-refractivity contribution in [2.45, 2.75) is 12.3 Å². The van der Waals surface area contributed by atoms with Crippen LogP contribution in [0.3, 0.4) is 0 Å². The molecule has 0 saturated carbocycles. The number of rotatable bonds is 26. The molecule has 0 aromatic heterocycles. The van der Waals surface area contributed by atoms with Crippen LogP contribution in [0.4, 0.5) is 4.79 Å². The molecule has 2 aromatic carbocycles. The summed E-state index contributed by atoms with van der Waals surface area (Å²) in [6.07, 6.45) is -0.215. The van der Waals surface area contributed by atoms with Gasteiger partial charge >= 0.3 is 12.1 Å². The van der Waals surface area contributed by atoms with E-state index < -0.39 is 6.09 Å². The van der Waals surface area contributed by atoms with Crippen molar-refractivity contribution < 1.29 is 52.2 Å². The summed E-state index contributed by atoms with van der Waals surface area (Å²) in [5.74, 6) is -0.253. The Morgan fingerprint density at radius 1 is 0.578 bits per heavy atom. The second-order valence-corrected chi connectivity index (χ2v) is 9.87. The summed E-state index contributed by atoms with van der Waals surface area (Å²) in [4.78, 5) is 23.1. The van der Waals surface area contributed by atoms with Crippen molar-refractivity contribution in [1.82, 2.24) is 5.32 Å². The van der Waals surface area contributed by atoms with Crippen LogP contribution in [-0.2, 0) is 47.4 Å². The van der Waals surface area contributed by atoms with Crippen LogP contribution in [-0.4, -0.2) is 125 Å². The number of amides is 1. The molecule has 0 radical (unpaired) electrons. The lowest BCUT2D eigenvalue weighted by Gasteiger charge is -2.14. The third-order valence-corrected chi connectivity index (χ3v) is 6.77. The molecule has 1 amide bonds. The summed E-state index contributed by atoms with van der Waals surface area (Å²) in [7, 11) is 1.35. The van der Waals surface area contributed by atoms with Gasteiger partial charge in [-0.1, -0.05) is 48.5 Å². The fourth-order valence-electron chi connectivity index (χ4n) is 4.55. The summed E-state index contributed by atoms with van der Waals surface area (Å²) in [6, 6.07) is 16.5. The first kappa shape index (κ1) is 36.4. The minimum atomic E-state index is -0.455. The van der Waals surface area contributed by atoms with Crippen molar-refractivity contribution in [3.8, 4) is 11.1 Å². The minimum absolute atomic E-state index is 0.0371. The molecule has 0 fully saturated rings. The Bertz CT molecular complexity index is 1050. The Labute approximate surface area is 265 Å². The predicted octanol–water partition coefficient (Wildman–Crippen LogP) is 3.20. The Morgan fingerprint density at radius 2 is 0.978 bits per heavy atom. The van der Waals surface area contributed by atoms with Crippen LogP contribution in [0.2, 0.25) is 0 Å². The van der Waals surface area contributed by atoms with Crippen molar-refractivity contribution in [2.24, 2.45) is 0 Å². The molecule has 1 aliphatic carbocycles. The zero-order chi connectivity index (χ0) is 31.8. The lowest BCUT2D eigenvalue weighted by molar-refractivity contribution is -0.141. The lowest BCUT2D eigenvalue weighted by Crippen LogP contribution is -2.29. The van der Waals surface area contributed by atoms with Crippen LogP contribution < -0.4 is 5.32 Å². The average molecular weight is 634 g/mol. The van der Waals surface area contributed by atoms with Crippen LogP contribution in [0.15, 0.2) is 48.5 Å². The zero-order valence-corrected chi connectivity index (χ0v) is 26.2. The van der Waals surface area contributed by atoms with E-state index in [0.717, 1.165) is 0 Å². The SMILES string of the molecule is COC(=O)CCOCCOCCOCCOCCOCCOCCOCCNC(=O)OCC1c2ccccc2-c2ccccc21. The summed E-state index contributed by atoms with van der Waals surface area (Å²) in [5.41, 5.74) is 4.77. The fourth-order valence-corrected chi connectivity index (χ4v) is 4.55. The highest BCUT2D eigenvalue weighted by molar-refractivity contribution is 5.79. The average Bonchev–Trinajstić information content (AvgIpc) is 3.39. The number of methoxy groups -OCH3 is 1. The number of nitrogens with one attached hydrogen (secondary N) is 1. The molecule has 12 heteroatoms. The molecule has 250 valence electrons. The highest BCUT2D eigenvalue weighted by Gasteiger charge is 2.28. The summed E-state index contributed by atoms with van der Waals surface area (Å²) in [6.45, 7) is 6.82. The Morgan fingerprint density at radius 3 is 1.42 bits per heavy atom. The first-order valence-corrected chi connectivity index (χ1v) is 15.4. The number of carbonyl (C=O) groups excluding carboxylic acids is 2. The maximum Gasteiger partial charge on any atom is 0.407 e. The van der Waals surface area contributed by atoms with Crippen LogP contribution >= 0.6 is 0 Å². The molecule has 1 aliphatic rings. The van der Waals surface area contributed by atoms with Gasteiger partial charge in [-0.2, -0.15) is 0 Å². The monoisotopic (exact) mass is 633 g/mol. The van der Waals surface area contributed by atoms with E-state index >= 15 is 0 Å². The second kappa shape index (κ2) is 23.3. The molecule has 0 atom stereocenters. The van der Waals surface area contributed by atoms with Crippen molar-refractivity contribution in [1.29, 1.82) is 0 Å². The van der Waals surface area contributed by atoms with Gasteiger partial charge in [0.25, 0.3) is 0 Å². The third kappa shape index (κ3) is 14.7. The quantitative estimate of drug-likeness (QED) is 0.121. The molecule has 3 rings (SSSR count). The van der Waals surface area contributed by atoms with Gasteiger partial charge in [0.05, 0.1) is 106 Å². The third-order valence-electron chi connectivity index (χ3n) is 6.77. The number of carbonyl (C=O) groups is 2. The molecule has 0 bridgehead atoms. The summed E-state index contributed by atoms with van der Waals surface area (Å²) in [5, 5.41) is 2.73. The van der Waals surface area contributed by atoms with Gasteiger partial charge in [-0.15, -0.1) is 0 Å². The van der Waals surface area contributed by atoms with Crippen molar-refractivity contribution >= 4 is 12.1 Å². The summed E-state index contributed by atoms with van der Waals surface area (Å²) < 4.78 is 48.0. The highest BCUT2D eigenvalue weighted by atomic mass is 16.6. The molecular weight excluding hydrogens is 586 g/mol. The molecule has 0 heterocycles. The number of fused-ring (bicyclic) bond motifs is 3. The standard InChI is InChI=1S/C33H47NO11/c1-37-32(35)10-12-38-14-16-40-18-20-42-22-24-44-25-23-43-21-19-41-17-15-39-13-11-34-33(36)45-26-31-29-8-4-2-6-27(29)28-7-3-5-9-30(28)31/h2-9,31H,10-26H2,1H3,(H,34,36). The van der Waals surface area contributed by atoms with E-state index in [1.54, 1.807) is 0 Å². The van der Waals surface area contributed by atoms with Crippen LogP contribution in [0.5, 0.6) is 0 Å². The smallest absolute Gasteiger partial charge is 0.407 e. The normalized spacial score (nSPS) is 12.1. The molecule has 45 heavy (non-hydrogen) atoms. The number of benzene rings is 2. The molecule has 0 aliphatic heterocycles. The van der Waals surface area contributed by atoms with Crippen LogP contribution in [0.25, 0.3) is 11.1 Å².